The molecule has 3 amide bonds. The van der Waals surface area contributed by atoms with Crippen LogP contribution in [0.4, 0.5) is 4.79 Å². The number of rotatable bonds is 10. The van der Waals surface area contributed by atoms with Crippen molar-refractivity contribution in [2.75, 3.05) is 31.9 Å². The van der Waals surface area contributed by atoms with Gasteiger partial charge in [0.2, 0.25) is 12.7 Å². The zero-order valence-corrected chi connectivity index (χ0v) is 27.7. The monoisotopic (exact) mass is 688 g/mol. The van der Waals surface area contributed by atoms with Crippen LogP contribution in [0.5, 0.6) is 0 Å². The van der Waals surface area contributed by atoms with Gasteiger partial charge in [-0.25, -0.2) is 4.79 Å². The van der Waals surface area contributed by atoms with Gasteiger partial charge in [0.1, 0.15) is 27.3 Å². The molecule has 0 aliphatic carbocycles. The van der Waals surface area contributed by atoms with E-state index in [1.54, 1.807) is 26.2 Å². The topological polar surface area (TPSA) is 217 Å². The molecule has 0 radical (unpaired) electrons. The van der Waals surface area contributed by atoms with Crippen molar-refractivity contribution in [2.45, 2.75) is 48.9 Å². The second kappa shape index (κ2) is 13.9. The minimum Gasteiger partial charge on any atom is -0.427 e. The Labute approximate surface area is 269 Å². The van der Waals surface area contributed by atoms with Gasteiger partial charge in [-0.3, -0.25) is 24.0 Å². The first kappa shape index (κ1) is 33.8. The third kappa shape index (κ3) is 7.76. The summed E-state index contributed by atoms with van der Waals surface area (Å²) in [6.07, 6.45) is -0.891. The van der Waals surface area contributed by atoms with Crippen molar-refractivity contribution in [1.29, 1.82) is 0 Å². The van der Waals surface area contributed by atoms with Crippen LogP contribution in [-0.2, 0) is 33.5 Å². The predicted octanol–water partition coefficient (Wildman–Crippen LogP) is 0.547. The van der Waals surface area contributed by atoms with Gasteiger partial charge in [-0.15, -0.1) is 22.0 Å². The molecule has 16 nitrogen and oxygen atoms in total. The molecule has 5 N–H and O–H groups in total. The minimum atomic E-state index is -1.16. The van der Waals surface area contributed by atoms with E-state index in [0.29, 0.717) is 4.34 Å². The van der Waals surface area contributed by atoms with E-state index in [9.17, 15) is 24.0 Å². The van der Waals surface area contributed by atoms with E-state index in [2.05, 4.69) is 31.3 Å². The Morgan fingerprint density at radius 1 is 1.27 bits per heavy atom. The molecule has 3 aliphatic rings. The van der Waals surface area contributed by atoms with Crippen molar-refractivity contribution < 1.29 is 38.3 Å². The van der Waals surface area contributed by atoms with Gasteiger partial charge in [0.05, 0.1) is 11.1 Å². The molecule has 240 valence electrons. The highest BCUT2D eigenvalue weighted by Crippen LogP contribution is 2.45. The molecule has 20 heteroatoms. The summed E-state index contributed by atoms with van der Waals surface area (Å²) >= 11 is 5.18. The Hall–Kier alpha value is -3.07. The first-order chi connectivity index (χ1) is 20.7. The van der Waals surface area contributed by atoms with E-state index in [-0.39, 0.29) is 29.5 Å². The average molecular weight is 689 g/mol. The van der Waals surface area contributed by atoms with Crippen LogP contribution >= 0.6 is 46.6 Å². The first-order valence-corrected chi connectivity index (χ1v) is 16.9. The Morgan fingerprint density at radius 3 is 2.64 bits per heavy atom. The number of hydrogen-bond acceptors (Lipinski definition) is 17. The van der Waals surface area contributed by atoms with Crippen molar-refractivity contribution in [3.05, 3.63) is 16.1 Å². The largest absolute Gasteiger partial charge is 0.433 e. The van der Waals surface area contributed by atoms with Crippen molar-refractivity contribution in [2.24, 2.45) is 21.7 Å². The quantitative estimate of drug-likeness (QED) is 0.0502. The molecule has 1 aromatic heterocycles. The summed E-state index contributed by atoms with van der Waals surface area (Å²) in [6, 6.07) is -0.929. The summed E-state index contributed by atoms with van der Waals surface area (Å²) in [4.78, 5) is 69.9. The normalized spacial score (nSPS) is 24.7. The van der Waals surface area contributed by atoms with Gasteiger partial charge in [0.15, 0.2) is 10.1 Å². The van der Waals surface area contributed by atoms with Crippen molar-refractivity contribution in [3.63, 3.8) is 0 Å². The molecule has 0 aromatic carbocycles. The zero-order valence-electron chi connectivity index (χ0n) is 24.4. The zero-order chi connectivity index (χ0) is 32.2. The first-order valence-electron chi connectivity index (χ1n) is 13.1. The number of nitrogens with two attached hydrogens (primary N) is 1. The van der Waals surface area contributed by atoms with Crippen molar-refractivity contribution in [3.8, 4) is 0 Å². The number of esters is 2. The summed E-state index contributed by atoms with van der Waals surface area (Å²) in [7, 11) is 1.33. The predicted molar refractivity (Wildman–Crippen MR) is 164 cm³/mol. The van der Waals surface area contributed by atoms with E-state index in [1.165, 1.54) is 58.6 Å². The van der Waals surface area contributed by atoms with Crippen LogP contribution in [0.25, 0.3) is 0 Å². The number of ether oxygens (including phenoxy) is 2. The minimum absolute atomic E-state index is 0.00559. The van der Waals surface area contributed by atoms with Crippen molar-refractivity contribution >= 4 is 82.2 Å². The van der Waals surface area contributed by atoms with E-state index in [4.69, 9.17) is 20.0 Å². The maximum Gasteiger partial charge on any atom is 0.433 e. The number of oxime groups is 1. The van der Waals surface area contributed by atoms with Crippen LogP contribution < -0.4 is 21.7 Å². The van der Waals surface area contributed by atoms with Gasteiger partial charge >= 0.3 is 18.0 Å². The Balaban J connectivity index is 1.45. The lowest BCUT2D eigenvalue weighted by Crippen LogP contribution is -2.74. The maximum atomic E-state index is 13.5. The standard InChI is InChI=1S/C24H32N8O8S4/c1-11-29-30-22(44-11)43-9-24(19(36)39-10-38-18(35)23(2,3)4)7-32-16(34)14(17(32)42-8-24)28-15(33)13(31-40-21(37)26-5)12-6-41-20(25)27-12/h6,14,17,20,27H,7-10,25H2,1-5H3,(H,26,37)(H,28,33)/t14?,17-,20?,24?/m1/s1. The number of nitrogens with zero attached hydrogens (tertiary/aromatic N) is 4. The van der Waals surface area contributed by atoms with Gasteiger partial charge < -0.3 is 36.1 Å². The molecular formula is C24H32N8O8S4. The summed E-state index contributed by atoms with van der Waals surface area (Å²) in [5.74, 6) is -1.88. The van der Waals surface area contributed by atoms with E-state index < -0.39 is 64.4 Å². The molecule has 3 unspecified atom stereocenters. The highest BCUT2D eigenvalue weighted by molar-refractivity contribution is 8.03. The van der Waals surface area contributed by atoms with E-state index in [0.717, 1.165) is 5.01 Å². The lowest BCUT2D eigenvalue weighted by molar-refractivity contribution is -0.180. The Bertz CT molecular complexity index is 1380. The van der Waals surface area contributed by atoms with Gasteiger partial charge in [0.25, 0.3) is 5.91 Å². The average Bonchev–Trinajstić information content (AvgIpc) is 3.61. The Kier molecular flexibility index (Phi) is 10.7. The van der Waals surface area contributed by atoms with Gasteiger partial charge in [0, 0.05) is 30.5 Å². The van der Waals surface area contributed by atoms with Crippen LogP contribution in [0.15, 0.2) is 20.6 Å². The lowest BCUT2D eigenvalue weighted by Gasteiger charge is -2.54. The summed E-state index contributed by atoms with van der Waals surface area (Å²) < 4.78 is 11.2. The molecule has 0 saturated carbocycles. The van der Waals surface area contributed by atoms with Crippen LogP contribution in [0, 0.1) is 17.8 Å². The number of carbonyl (C=O) groups excluding carboxylic acids is 5. The molecule has 4 heterocycles. The van der Waals surface area contributed by atoms with E-state index in [1.807, 2.05) is 6.92 Å². The number of aryl methyl sites for hydroxylation is 1. The van der Waals surface area contributed by atoms with E-state index >= 15 is 0 Å². The molecule has 0 bridgehead atoms. The third-order valence-electron chi connectivity index (χ3n) is 6.36. The number of carbonyl (C=O) groups is 5. The molecule has 1 aromatic rings. The summed E-state index contributed by atoms with van der Waals surface area (Å²) in [6.45, 7) is 6.30. The second-order valence-electron chi connectivity index (χ2n) is 10.8. The van der Waals surface area contributed by atoms with Crippen LogP contribution in [0.3, 0.4) is 0 Å². The van der Waals surface area contributed by atoms with Crippen molar-refractivity contribution in [1.82, 2.24) is 31.0 Å². The highest BCUT2D eigenvalue weighted by atomic mass is 32.2. The number of thioether (sulfide) groups is 3. The molecule has 0 spiro atoms. The molecule has 2 fully saturated rings. The number of nitrogens with one attached hydrogen (secondary N) is 3. The fourth-order valence-corrected chi connectivity index (χ4v) is 8.30. The highest BCUT2D eigenvalue weighted by Gasteiger charge is 2.58. The molecular weight excluding hydrogens is 657 g/mol. The van der Waals surface area contributed by atoms with Gasteiger partial charge in [-0.2, -0.15) is 0 Å². The smallest absolute Gasteiger partial charge is 0.427 e. The fourth-order valence-electron chi connectivity index (χ4n) is 3.98. The number of β-lactam (4-membered cyclic amide) rings is 1. The third-order valence-corrected chi connectivity index (χ3v) is 11.0. The van der Waals surface area contributed by atoms with Crippen LogP contribution in [-0.4, -0.2) is 99.5 Å². The van der Waals surface area contributed by atoms with Gasteiger partial charge in [-0.1, -0.05) is 40.0 Å². The number of hydrogen-bond donors (Lipinski definition) is 4. The summed E-state index contributed by atoms with van der Waals surface area (Å²) in [5.41, 5.74) is 3.30. The molecule has 3 aliphatic heterocycles. The van der Waals surface area contributed by atoms with Crippen LogP contribution in [0.1, 0.15) is 25.8 Å². The summed E-state index contributed by atoms with van der Waals surface area (Å²) in [5, 5.41) is 21.3. The molecule has 2 saturated heterocycles. The molecule has 4 rings (SSSR count). The van der Waals surface area contributed by atoms with Gasteiger partial charge in [-0.05, 0) is 27.7 Å². The Morgan fingerprint density at radius 2 is 2.02 bits per heavy atom. The number of fused-ring (bicyclic) bond motifs is 1. The molecule has 44 heavy (non-hydrogen) atoms. The van der Waals surface area contributed by atoms with Crippen LogP contribution in [0.2, 0.25) is 0 Å². The molecule has 4 atom stereocenters. The lowest BCUT2D eigenvalue weighted by atomic mass is 9.89. The second-order valence-corrected chi connectivity index (χ2v) is 15.3. The maximum absolute atomic E-state index is 13.5. The fraction of sp³-hybridized carbons (Fsp3) is 0.583. The number of amides is 3. The number of aromatic nitrogens is 2. The SMILES string of the molecule is CNC(=O)ON=C(C(=O)NC1C(=O)N2CC(CSc3nnc(C)s3)(C(=O)OCOC(=O)C(C)(C)C)CS[C@H]12)C1=CSC(N)N1.